The molecule has 2 saturated heterocycles. The van der Waals surface area contributed by atoms with Gasteiger partial charge in [-0.15, -0.1) is 0 Å². The molecule has 0 unspecified atom stereocenters. The number of aromatic amines is 1. The summed E-state index contributed by atoms with van der Waals surface area (Å²) in [6.07, 6.45) is 7.01. The van der Waals surface area contributed by atoms with E-state index in [0.717, 1.165) is 40.5 Å². The van der Waals surface area contributed by atoms with Gasteiger partial charge in [0.2, 0.25) is 5.91 Å². The number of hydrogen-bond donors (Lipinski definition) is 1. The van der Waals surface area contributed by atoms with Crippen LogP contribution in [0.4, 0.5) is 14.6 Å². The molecule has 48 heavy (non-hydrogen) atoms. The van der Waals surface area contributed by atoms with E-state index in [1.165, 1.54) is 12.2 Å². The van der Waals surface area contributed by atoms with Crippen LogP contribution in [0.25, 0.3) is 43.8 Å². The van der Waals surface area contributed by atoms with Crippen LogP contribution in [0.15, 0.2) is 36.7 Å². The van der Waals surface area contributed by atoms with Gasteiger partial charge >= 0.3 is 0 Å². The van der Waals surface area contributed by atoms with E-state index in [0.29, 0.717) is 47.7 Å². The van der Waals surface area contributed by atoms with Crippen molar-refractivity contribution in [3.05, 3.63) is 58.6 Å². The van der Waals surface area contributed by atoms with Gasteiger partial charge in [-0.25, -0.2) is 13.8 Å². The number of H-pyrrole nitrogens is 1. The normalized spacial score (nSPS) is 18.9. The molecule has 0 bridgehead atoms. The number of anilines is 1. The first-order valence-corrected chi connectivity index (χ1v) is 16.4. The van der Waals surface area contributed by atoms with E-state index in [-0.39, 0.29) is 40.5 Å². The van der Waals surface area contributed by atoms with Crippen molar-refractivity contribution >= 4 is 56.0 Å². The summed E-state index contributed by atoms with van der Waals surface area (Å²) in [4.78, 5) is 23.8. The summed E-state index contributed by atoms with van der Waals surface area (Å²) >= 11 is 7.04. The summed E-state index contributed by atoms with van der Waals surface area (Å²) in [5, 5.41) is 24.0. The highest BCUT2D eigenvalue weighted by atomic mass is 35.5. The molecule has 10 nitrogen and oxygen atoms in total. The Morgan fingerprint density at radius 3 is 2.71 bits per heavy atom. The monoisotopic (exact) mass is 671 g/mol. The number of pyridine rings is 1. The molecule has 2 atom stereocenters. The highest BCUT2D eigenvalue weighted by Crippen LogP contribution is 2.45. The van der Waals surface area contributed by atoms with Gasteiger partial charge in [0.15, 0.2) is 5.82 Å². The molecule has 1 N–H and O–H groups in total. The maximum atomic E-state index is 17.2. The SMILES string of the molecule is Cc1cc2[nH]ncc2c(-c2c(Cl)cc3c(nc(N4CC(N(C)C)C4)c4cnn([C@H]5CCN(C(=O)/C=C/CF)[C@H](CC#N)C5)c43)c2F)c1C. The number of aryl methyl sites for hydroxylation is 1. The number of allylic oxidation sites excluding steroid dienone is 1. The number of benzene rings is 2. The van der Waals surface area contributed by atoms with Gasteiger partial charge in [-0.3, -0.25) is 14.6 Å². The van der Waals surface area contributed by atoms with Crippen LogP contribution in [0.2, 0.25) is 5.02 Å². The number of amides is 1. The zero-order valence-electron chi connectivity index (χ0n) is 27.3. The highest BCUT2D eigenvalue weighted by molar-refractivity contribution is 6.35. The average Bonchev–Trinajstić information content (AvgIpc) is 3.69. The fourth-order valence-electron chi connectivity index (χ4n) is 7.29. The van der Waals surface area contributed by atoms with Gasteiger partial charge in [0.05, 0.1) is 52.4 Å². The number of piperidine rings is 1. The first kappa shape index (κ1) is 32.0. The smallest absolute Gasteiger partial charge is 0.246 e. The average molecular weight is 672 g/mol. The molecule has 5 heterocycles. The standard InChI is InChI=1S/C35H36ClF2N9O/c1-19-12-28-25(15-40-43-28)30(20(19)2)31-27(36)14-24-33(32(31)38)42-35(45-17-23(18-45)44(3)4)26-16-41-47(34(24)26)22-8-11-46(21(13-22)7-10-39)29(48)6-5-9-37/h5-6,12,14-16,21-23H,7-9,11,13,17-18H2,1-4H3,(H,40,43)/b6-5+/t21-,22+/m1/s1. The topological polar surface area (TPSA) is 110 Å². The minimum absolute atomic E-state index is 0.125. The van der Waals surface area contributed by atoms with Gasteiger partial charge in [0, 0.05) is 59.7 Å². The molecular formula is C35H36ClF2N9O. The third kappa shape index (κ3) is 5.16. The van der Waals surface area contributed by atoms with Gasteiger partial charge in [-0.05, 0) is 70.1 Å². The zero-order valence-corrected chi connectivity index (χ0v) is 28.0. The summed E-state index contributed by atoms with van der Waals surface area (Å²) in [6.45, 7) is 5.03. The number of likely N-dealkylation sites (tertiary alicyclic amines) is 1. The molecule has 2 aliphatic heterocycles. The number of fused-ring (bicyclic) bond motifs is 4. The predicted octanol–water partition coefficient (Wildman–Crippen LogP) is 6.26. The summed E-state index contributed by atoms with van der Waals surface area (Å²) in [5.74, 6) is -0.181. The number of nitrogens with one attached hydrogen (secondary N) is 1. The van der Waals surface area contributed by atoms with Crippen LogP contribution >= 0.6 is 11.6 Å². The summed E-state index contributed by atoms with van der Waals surface area (Å²) in [7, 11) is 4.08. The van der Waals surface area contributed by atoms with Crippen molar-refractivity contribution < 1.29 is 13.6 Å². The fraction of sp³-hybridized carbons (Fsp3) is 0.400. The number of rotatable bonds is 7. The van der Waals surface area contributed by atoms with Crippen molar-refractivity contribution in [2.24, 2.45) is 0 Å². The second-order valence-electron chi connectivity index (χ2n) is 13.1. The number of hydrogen-bond acceptors (Lipinski definition) is 7. The minimum Gasteiger partial charge on any atom is -0.353 e. The maximum absolute atomic E-state index is 17.2. The predicted molar refractivity (Wildman–Crippen MR) is 183 cm³/mol. The molecule has 2 aromatic carbocycles. The second kappa shape index (κ2) is 12.5. The fourth-order valence-corrected chi connectivity index (χ4v) is 7.58. The van der Waals surface area contributed by atoms with Crippen LogP contribution in [-0.2, 0) is 4.79 Å². The van der Waals surface area contributed by atoms with Crippen molar-refractivity contribution in [1.29, 1.82) is 5.26 Å². The Labute approximate surface area is 281 Å². The van der Waals surface area contributed by atoms with Gasteiger partial charge in [0.1, 0.15) is 18.0 Å². The van der Waals surface area contributed by atoms with E-state index in [2.05, 4.69) is 26.1 Å². The summed E-state index contributed by atoms with van der Waals surface area (Å²) < 4.78 is 31.9. The summed E-state index contributed by atoms with van der Waals surface area (Å²) in [6, 6.07) is 5.74. The Morgan fingerprint density at radius 2 is 1.98 bits per heavy atom. The van der Waals surface area contributed by atoms with E-state index < -0.39 is 12.5 Å². The van der Waals surface area contributed by atoms with E-state index in [9.17, 15) is 14.4 Å². The number of carbonyl (C=O) groups is 1. The van der Waals surface area contributed by atoms with Crippen LogP contribution in [-0.4, -0.2) is 93.2 Å². The van der Waals surface area contributed by atoms with Gasteiger partial charge < -0.3 is 14.7 Å². The molecule has 2 fully saturated rings. The van der Waals surface area contributed by atoms with Crippen LogP contribution < -0.4 is 4.90 Å². The Bertz CT molecular complexity index is 2140. The lowest BCUT2D eigenvalue weighted by Gasteiger charge is -2.43. The Balaban J connectivity index is 1.41. The van der Waals surface area contributed by atoms with Crippen LogP contribution in [0, 0.1) is 31.0 Å². The quantitative estimate of drug-likeness (QED) is 0.204. The first-order chi connectivity index (χ1) is 23.1. The van der Waals surface area contributed by atoms with Crippen LogP contribution in [0.5, 0.6) is 0 Å². The molecule has 7 rings (SSSR count). The van der Waals surface area contributed by atoms with Gasteiger partial charge in [-0.2, -0.15) is 15.5 Å². The van der Waals surface area contributed by atoms with Crippen molar-refractivity contribution in [3.63, 3.8) is 0 Å². The molecule has 0 saturated carbocycles. The zero-order chi connectivity index (χ0) is 33.9. The van der Waals surface area contributed by atoms with Gasteiger partial charge in [0.25, 0.3) is 0 Å². The number of carbonyl (C=O) groups excluding carboxylic acids is 1. The molecule has 2 aliphatic rings. The number of likely N-dealkylation sites (N-methyl/N-ethyl adjacent to an activating group) is 1. The van der Waals surface area contributed by atoms with Crippen molar-refractivity contribution in [2.75, 3.05) is 45.3 Å². The molecule has 0 radical (unpaired) electrons. The highest BCUT2D eigenvalue weighted by Gasteiger charge is 2.36. The molecule has 1 amide bonds. The largest absolute Gasteiger partial charge is 0.353 e. The van der Waals surface area contributed by atoms with Crippen LogP contribution in [0.1, 0.15) is 36.4 Å². The minimum atomic E-state index is -0.739. The number of alkyl halides is 1. The van der Waals surface area contributed by atoms with Gasteiger partial charge in [-0.1, -0.05) is 11.6 Å². The van der Waals surface area contributed by atoms with E-state index in [1.54, 1.807) is 23.4 Å². The Morgan fingerprint density at radius 1 is 1.19 bits per heavy atom. The van der Waals surface area contributed by atoms with Crippen molar-refractivity contribution in [1.82, 2.24) is 34.8 Å². The Hall–Kier alpha value is -4.60. The molecule has 0 spiro atoms. The second-order valence-corrected chi connectivity index (χ2v) is 13.5. The lowest BCUT2D eigenvalue weighted by molar-refractivity contribution is -0.130. The third-order valence-electron chi connectivity index (χ3n) is 10.1. The third-order valence-corrected chi connectivity index (χ3v) is 10.4. The van der Waals surface area contributed by atoms with E-state index in [4.69, 9.17) is 21.7 Å². The van der Waals surface area contributed by atoms with Crippen molar-refractivity contribution in [3.8, 4) is 17.2 Å². The molecule has 5 aromatic rings. The number of nitriles is 1. The summed E-state index contributed by atoms with van der Waals surface area (Å²) in [5.41, 5.74) is 4.53. The molecule has 248 valence electrons. The van der Waals surface area contributed by atoms with E-state index >= 15 is 4.39 Å². The first-order valence-electron chi connectivity index (χ1n) is 16.1. The number of nitrogens with zero attached hydrogens (tertiary/aromatic N) is 8. The molecular weight excluding hydrogens is 636 g/mol. The maximum Gasteiger partial charge on any atom is 0.246 e. The van der Waals surface area contributed by atoms with Crippen LogP contribution in [0.3, 0.4) is 0 Å². The van der Waals surface area contributed by atoms with E-state index in [1.807, 2.05) is 38.7 Å². The molecule has 0 aliphatic carbocycles. The Kier molecular flexibility index (Phi) is 8.29. The molecule has 3 aromatic heterocycles. The number of aromatic nitrogens is 5. The number of halogens is 3. The molecule has 13 heteroatoms. The lowest BCUT2D eigenvalue weighted by atomic mass is 9.92. The lowest BCUT2D eigenvalue weighted by Crippen LogP contribution is -2.57. The van der Waals surface area contributed by atoms with Crippen molar-refractivity contribution in [2.45, 2.75) is 51.2 Å².